The minimum atomic E-state index is -0.939. The Morgan fingerprint density at radius 1 is 1.38 bits per heavy atom. The molecule has 1 atom stereocenters. The second kappa shape index (κ2) is 6.35. The van der Waals surface area contributed by atoms with Crippen molar-refractivity contribution in [3.8, 4) is 0 Å². The number of urea groups is 1. The maximum absolute atomic E-state index is 11.4. The van der Waals surface area contributed by atoms with E-state index in [2.05, 4.69) is 17.6 Å². The summed E-state index contributed by atoms with van der Waals surface area (Å²) in [4.78, 5) is 22.2. The first kappa shape index (κ1) is 12.8. The molecule has 0 aliphatic heterocycles. The van der Waals surface area contributed by atoms with E-state index in [4.69, 9.17) is 5.11 Å². The van der Waals surface area contributed by atoms with Crippen LogP contribution in [-0.4, -0.2) is 29.7 Å². The van der Waals surface area contributed by atoms with Crippen molar-refractivity contribution in [2.75, 3.05) is 6.54 Å². The van der Waals surface area contributed by atoms with Crippen LogP contribution in [0, 0.1) is 5.92 Å². The molecule has 3 N–H and O–H groups in total. The molecule has 1 saturated carbocycles. The summed E-state index contributed by atoms with van der Waals surface area (Å²) < 4.78 is 0. The average Bonchev–Trinajstić information content (AvgIpc) is 3.04. The third kappa shape index (κ3) is 4.51. The smallest absolute Gasteiger partial charge is 0.326 e. The fourth-order valence-corrected chi connectivity index (χ4v) is 1.58. The molecule has 92 valence electrons. The number of carboxylic acid groups (broad SMARTS) is 1. The summed E-state index contributed by atoms with van der Waals surface area (Å²) in [6.07, 6.45) is 4.90. The van der Waals surface area contributed by atoms with Gasteiger partial charge in [0, 0.05) is 6.54 Å². The van der Waals surface area contributed by atoms with Gasteiger partial charge in [-0.05, 0) is 25.2 Å². The third-order valence-corrected chi connectivity index (χ3v) is 2.71. The lowest BCUT2D eigenvalue weighted by atomic mass is 10.2. The fourth-order valence-electron chi connectivity index (χ4n) is 1.58. The lowest BCUT2D eigenvalue weighted by Gasteiger charge is -2.14. The highest BCUT2D eigenvalue weighted by Gasteiger charge is 2.37. The maximum Gasteiger partial charge on any atom is 0.326 e. The number of amides is 2. The summed E-state index contributed by atoms with van der Waals surface area (Å²) in [5, 5.41) is 14.1. The molecular weight excluding hydrogens is 208 g/mol. The number of unbranched alkanes of at least 4 members (excludes halogenated alkanes) is 2. The molecule has 16 heavy (non-hydrogen) atoms. The van der Waals surface area contributed by atoms with E-state index in [1.54, 1.807) is 0 Å². The van der Waals surface area contributed by atoms with Gasteiger partial charge in [0.05, 0.1) is 0 Å². The van der Waals surface area contributed by atoms with E-state index in [0.717, 1.165) is 32.1 Å². The van der Waals surface area contributed by atoms with Gasteiger partial charge in [0.1, 0.15) is 6.04 Å². The van der Waals surface area contributed by atoms with E-state index in [9.17, 15) is 9.59 Å². The first-order chi connectivity index (χ1) is 7.65. The van der Waals surface area contributed by atoms with Crippen LogP contribution < -0.4 is 10.6 Å². The third-order valence-electron chi connectivity index (χ3n) is 2.71. The van der Waals surface area contributed by atoms with Gasteiger partial charge in [-0.2, -0.15) is 0 Å². The average molecular weight is 228 g/mol. The summed E-state index contributed by atoms with van der Waals surface area (Å²) in [6, 6.07) is -1.08. The molecular formula is C11H20N2O3. The Labute approximate surface area is 95.6 Å². The van der Waals surface area contributed by atoms with Crippen molar-refractivity contribution in [3.05, 3.63) is 0 Å². The van der Waals surface area contributed by atoms with Crippen LogP contribution in [0.15, 0.2) is 0 Å². The normalized spacial score (nSPS) is 16.6. The van der Waals surface area contributed by atoms with Gasteiger partial charge in [-0.25, -0.2) is 9.59 Å². The lowest BCUT2D eigenvalue weighted by Crippen LogP contribution is -2.47. The van der Waals surface area contributed by atoms with Crippen LogP contribution in [0.2, 0.25) is 0 Å². The number of nitrogens with one attached hydrogen (secondary N) is 2. The van der Waals surface area contributed by atoms with Crippen molar-refractivity contribution >= 4 is 12.0 Å². The molecule has 1 aliphatic carbocycles. The summed E-state index contributed by atoms with van der Waals surface area (Å²) in [5.74, 6) is -0.815. The molecule has 5 heteroatoms. The van der Waals surface area contributed by atoms with Crippen LogP contribution >= 0.6 is 0 Å². The van der Waals surface area contributed by atoms with Crippen molar-refractivity contribution in [3.63, 3.8) is 0 Å². The summed E-state index contributed by atoms with van der Waals surface area (Å²) in [5.41, 5.74) is 0. The van der Waals surface area contributed by atoms with Crippen molar-refractivity contribution in [1.29, 1.82) is 0 Å². The van der Waals surface area contributed by atoms with Gasteiger partial charge in [-0.3, -0.25) is 0 Å². The van der Waals surface area contributed by atoms with E-state index in [1.165, 1.54) is 0 Å². The Bertz CT molecular complexity index is 252. The SMILES string of the molecule is CCCCCNC(=O)NC(C(=O)O)C1CC1. The molecule has 0 aromatic heterocycles. The van der Waals surface area contributed by atoms with E-state index >= 15 is 0 Å². The molecule has 0 aromatic rings. The van der Waals surface area contributed by atoms with Crippen molar-refractivity contribution in [2.24, 2.45) is 5.92 Å². The minimum Gasteiger partial charge on any atom is -0.480 e. The Morgan fingerprint density at radius 3 is 2.56 bits per heavy atom. The van der Waals surface area contributed by atoms with Crippen LogP contribution in [0.25, 0.3) is 0 Å². The predicted molar refractivity (Wildman–Crippen MR) is 60.2 cm³/mol. The standard InChI is InChI=1S/C11H20N2O3/c1-2-3-4-7-12-11(16)13-9(10(14)15)8-5-6-8/h8-9H,2-7H2,1H3,(H,14,15)(H2,12,13,16). The zero-order chi connectivity index (χ0) is 12.0. The number of carbonyl (C=O) groups is 2. The van der Waals surface area contributed by atoms with Gasteiger partial charge in [0.25, 0.3) is 0 Å². The van der Waals surface area contributed by atoms with Gasteiger partial charge in [-0.1, -0.05) is 19.8 Å². The van der Waals surface area contributed by atoms with Gasteiger partial charge >= 0.3 is 12.0 Å². The summed E-state index contributed by atoms with van der Waals surface area (Å²) in [7, 11) is 0. The zero-order valence-electron chi connectivity index (χ0n) is 9.66. The molecule has 0 bridgehead atoms. The lowest BCUT2D eigenvalue weighted by molar-refractivity contribution is -0.139. The molecule has 1 fully saturated rings. The number of aliphatic carboxylic acids is 1. The molecule has 0 radical (unpaired) electrons. The fraction of sp³-hybridized carbons (Fsp3) is 0.818. The minimum absolute atomic E-state index is 0.124. The first-order valence-corrected chi connectivity index (χ1v) is 5.92. The summed E-state index contributed by atoms with van der Waals surface area (Å²) in [6.45, 7) is 2.70. The number of hydrogen-bond donors (Lipinski definition) is 3. The van der Waals surface area contributed by atoms with Crippen LogP contribution in [0.5, 0.6) is 0 Å². The second-order valence-corrected chi connectivity index (χ2v) is 4.26. The Hall–Kier alpha value is -1.26. The first-order valence-electron chi connectivity index (χ1n) is 5.92. The van der Waals surface area contributed by atoms with Crippen molar-refractivity contribution < 1.29 is 14.7 Å². The van der Waals surface area contributed by atoms with Gasteiger partial charge < -0.3 is 15.7 Å². The molecule has 0 aromatic carbocycles. The molecule has 1 aliphatic rings. The topological polar surface area (TPSA) is 78.4 Å². The zero-order valence-corrected chi connectivity index (χ0v) is 9.66. The van der Waals surface area contributed by atoms with Crippen LogP contribution in [0.4, 0.5) is 4.79 Å². The number of carboxylic acids is 1. The Kier molecular flexibility index (Phi) is 5.08. The van der Waals surface area contributed by atoms with Gasteiger partial charge in [0.15, 0.2) is 0 Å². The number of rotatable bonds is 7. The van der Waals surface area contributed by atoms with E-state index < -0.39 is 12.0 Å². The second-order valence-electron chi connectivity index (χ2n) is 4.26. The highest BCUT2D eigenvalue weighted by atomic mass is 16.4. The molecule has 0 saturated heterocycles. The molecule has 1 rings (SSSR count). The quantitative estimate of drug-likeness (QED) is 0.575. The Morgan fingerprint density at radius 2 is 2.06 bits per heavy atom. The number of carbonyl (C=O) groups excluding carboxylic acids is 1. The van der Waals surface area contributed by atoms with E-state index in [1.807, 2.05) is 0 Å². The molecule has 0 heterocycles. The van der Waals surface area contributed by atoms with Crippen LogP contribution in [-0.2, 0) is 4.79 Å². The highest BCUT2D eigenvalue weighted by molar-refractivity contribution is 5.83. The van der Waals surface area contributed by atoms with Crippen LogP contribution in [0.1, 0.15) is 39.0 Å². The van der Waals surface area contributed by atoms with Gasteiger partial charge in [0.2, 0.25) is 0 Å². The molecule has 2 amide bonds. The molecule has 0 spiro atoms. The molecule has 5 nitrogen and oxygen atoms in total. The maximum atomic E-state index is 11.4. The van der Waals surface area contributed by atoms with Gasteiger partial charge in [-0.15, -0.1) is 0 Å². The predicted octanol–water partition coefficient (Wildman–Crippen LogP) is 1.34. The number of hydrogen-bond acceptors (Lipinski definition) is 2. The van der Waals surface area contributed by atoms with E-state index in [0.29, 0.717) is 6.54 Å². The monoisotopic (exact) mass is 228 g/mol. The summed E-state index contributed by atoms with van der Waals surface area (Å²) >= 11 is 0. The largest absolute Gasteiger partial charge is 0.480 e. The van der Waals surface area contributed by atoms with Crippen molar-refractivity contribution in [1.82, 2.24) is 10.6 Å². The van der Waals surface area contributed by atoms with E-state index in [-0.39, 0.29) is 11.9 Å². The molecule has 1 unspecified atom stereocenters. The highest BCUT2D eigenvalue weighted by Crippen LogP contribution is 2.32. The van der Waals surface area contributed by atoms with Crippen molar-refractivity contribution in [2.45, 2.75) is 45.1 Å². The Balaban J connectivity index is 2.18. The van der Waals surface area contributed by atoms with Crippen LogP contribution in [0.3, 0.4) is 0 Å².